The molecule has 0 bridgehead atoms. The van der Waals surface area contributed by atoms with Gasteiger partial charge in [0, 0.05) is 50.4 Å². The van der Waals surface area contributed by atoms with Gasteiger partial charge in [0.25, 0.3) is 0 Å². The molecule has 4 aromatic rings. The fourth-order valence-electron chi connectivity index (χ4n) is 9.68. The molecule has 0 fully saturated rings. The molecule has 80 heavy (non-hydrogen) atoms. The van der Waals surface area contributed by atoms with E-state index in [2.05, 4.69) is 48.2 Å². The Bertz CT molecular complexity index is 2720. The maximum Gasteiger partial charge on any atom is 0.414 e. The lowest BCUT2D eigenvalue weighted by Crippen LogP contribution is -2.34. The molecule has 0 saturated heterocycles. The molecule has 0 unspecified atom stereocenters. The van der Waals surface area contributed by atoms with E-state index in [0.29, 0.717) is 60.8 Å². The van der Waals surface area contributed by atoms with Crippen LogP contribution in [0.1, 0.15) is 69.2 Å². The summed E-state index contributed by atoms with van der Waals surface area (Å²) in [6, 6.07) is 16.0. The monoisotopic (exact) mass is 1110 g/mol. The number of rotatable bonds is 20. The molecule has 432 valence electrons. The third kappa shape index (κ3) is 16.3. The molecule has 2 amide bonds. The molecule has 2 aliphatic heterocycles. The zero-order valence-corrected chi connectivity index (χ0v) is 46.9. The second-order valence-electron chi connectivity index (χ2n) is 19.0. The van der Waals surface area contributed by atoms with E-state index >= 15 is 0 Å². The molecule has 4 aromatic carbocycles. The number of benzene rings is 4. The van der Waals surface area contributed by atoms with Gasteiger partial charge >= 0.3 is 23.9 Å². The van der Waals surface area contributed by atoms with E-state index in [1.165, 1.54) is 22.3 Å². The van der Waals surface area contributed by atoms with Gasteiger partial charge in [-0.2, -0.15) is 0 Å². The van der Waals surface area contributed by atoms with Crippen LogP contribution in [-0.2, 0) is 54.5 Å². The number of carboxylic acid groups (broad SMARTS) is 4. The molecule has 2 aliphatic carbocycles. The summed E-state index contributed by atoms with van der Waals surface area (Å²) in [6.45, 7) is 5.19. The molecular weight excluding hydrogens is 1040 g/mol. The summed E-state index contributed by atoms with van der Waals surface area (Å²) in [6.07, 6.45) is 12.4. The molecule has 2 heterocycles. The van der Waals surface area contributed by atoms with E-state index < -0.39 is 23.9 Å². The quantitative estimate of drug-likeness (QED) is 0.0763. The maximum absolute atomic E-state index is 12.9. The molecule has 4 N–H and O–H groups in total. The lowest BCUT2D eigenvalue weighted by Gasteiger charge is -2.34. The van der Waals surface area contributed by atoms with Crippen molar-refractivity contribution in [2.75, 3.05) is 110 Å². The number of hydrogen-bond donors (Lipinski definition) is 4. The van der Waals surface area contributed by atoms with Gasteiger partial charge in [-0.3, -0.25) is 9.59 Å². The number of fused-ring (bicyclic) bond motifs is 4. The Morgan fingerprint density at radius 3 is 1.01 bits per heavy atom. The van der Waals surface area contributed by atoms with Gasteiger partial charge in [-0.15, -0.1) is 0 Å². The highest BCUT2D eigenvalue weighted by Crippen LogP contribution is 2.44. The van der Waals surface area contributed by atoms with Crippen LogP contribution >= 0.6 is 0 Å². The zero-order valence-electron chi connectivity index (χ0n) is 46.9. The van der Waals surface area contributed by atoms with Crippen LogP contribution in [0.15, 0.2) is 60.9 Å². The Morgan fingerprint density at radius 2 is 0.725 bits per heavy atom. The number of nitrogens with zero attached hydrogens (tertiary/aromatic N) is 4. The first kappa shape index (κ1) is 62.3. The summed E-state index contributed by atoms with van der Waals surface area (Å²) in [4.78, 5) is 70.5. The van der Waals surface area contributed by atoms with Crippen molar-refractivity contribution in [2.45, 2.75) is 50.4 Å². The number of carbonyl (C=O) groups is 6. The highest BCUT2D eigenvalue weighted by molar-refractivity contribution is 6.27. The number of carboxylic acids is 4. The molecule has 0 spiro atoms. The first-order valence-corrected chi connectivity index (χ1v) is 25.5. The predicted molar refractivity (Wildman–Crippen MR) is 295 cm³/mol. The average molecular weight is 1110 g/mol. The van der Waals surface area contributed by atoms with Crippen LogP contribution in [0.25, 0.3) is 12.2 Å². The average Bonchev–Trinajstić information content (AvgIpc) is 3.69. The van der Waals surface area contributed by atoms with Crippen LogP contribution in [0.5, 0.6) is 46.0 Å². The Morgan fingerprint density at radius 1 is 0.450 bits per heavy atom. The molecule has 22 heteroatoms. The minimum atomic E-state index is -1.82. The SMILES string of the molecule is COc1cc2c(cc1OC)CC(=O)N(CCCN(C)C[C@H]1Cc3cc(OC)c(OC)cc31)C=C2.COc1cc2c(cc1OC)CC(=O)N(CCCN(C)C[C@H]1Cc3cc(OC)c(OC)cc31)C=C2.O=C(O)C(=O)O.O=C(O)C(=O)O. The number of amides is 2. The lowest BCUT2D eigenvalue weighted by atomic mass is 9.77. The fraction of sp³-hybridized carbons (Fsp3) is 0.414. The topological polar surface area (TPSA) is 270 Å². The van der Waals surface area contributed by atoms with Crippen molar-refractivity contribution in [3.8, 4) is 46.0 Å². The van der Waals surface area contributed by atoms with Gasteiger partial charge in [0.2, 0.25) is 11.8 Å². The summed E-state index contributed by atoms with van der Waals surface area (Å²) >= 11 is 0. The van der Waals surface area contributed by atoms with Crippen LogP contribution in [0.3, 0.4) is 0 Å². The predicted octanol–water partition coefficient (Wildman–Crippen LogP) is 5.79. The summed E-state index contributed by atoms with van der Waals surface area (Å²) in [5.74, 6) is -0.316. The van der Waals surface area contributed by atoms with Crippen LogP contribution < -0.4 is 37.9 Å². The molecule has 0 radical (unpaired) electrons. The highest BCUT2D eigenvalue weighted by atomic mass is 16.5. The number of methoxy groups -OCH3 is 8. The normalized spacial score (nSPS) is 15.1. The smallest absolute Gasteiger partial charge is 0.414 e. The Hall–Kier alpha value is -8.50. The number of aliphatic carboxylic acids is 4. The Balaban J connectivity index is 0.000000244. The maximum atomic E-state index is 12.9. The van der Waals surface area contributed by atoms with Gasteiger partial charge in [0.05, 0.1) is 69.7 Å². The molecule has 22 nitrogen and oxygen atoms in total. The van der Waals surface area contributed by atoms with E-state index in [9.17, 15) is 9.59 Å². The van der Waals surface area contributed by atoms with Gasteiger partial charge in [0.15, 0.2) is 46.0 Å². The van der Waals surface area contributed by atoms with Crippen molar-refractivity contribution >= 4 is 47.8 Å². The van der Waals surface area contributed by atoms with E-state index in [1.807, 2.05) is 58.6 Å². The lowest BCUT2D eigenvalue weighted by molar-refractivity contribution is -0.159. The fourth-order valence-corrected chi connectivity index (χ4v) is 9.68. The van der Waals surface area contributed by atoms with Gasteiger partial charge in [0.1, 0.15) is 0 Å². The van der Waals surface area contributed by atoms with Crippen LogP contribution in [0, 0.1) is 0 Å². The first-order valence-electron chi connectivity index (χ1n) is 25.5. The van der Waals surface area contributed by atoms with E-state index in [0.717, 1.165) is 97.1 Å². The summed E-state index contributed by atoms with van der Waals surface area (Å²) < 4.78 is 43.3. The van der Waals surface area contributed by atoms with Crippen molar-refractivity contribution in [1.29, 1.82) is 0 Å². The molecule has 4 aliphatic rings. The van der Waals surface area contributed by atoms with Crippen molar-refractivity contribution in [1.82, 2.24) is 19.6 Å². The minimum absolute atomic E-state index is 0.0961. The first-order chi connectivity index (χ1) is 38.2. The third-order valence-electron chi connectivity index (χ3n) is 13.9. The number of ether oxygens (including phenoxy) is 8. The van der Waals surface area contributed by atoms with E-state index in [-0.39, 0.29) is 11.8 Å². The number of likely N-dealkylation sites (N-methyl/N-ethyl adjacent to an activating group) is 2. The van der Waals surface area contributed by atoms with Crippen LogP contribution in [0.2, 0.25) is 0 Å². The van der Waals surface area contributed by atoms with Crippen molar-refractivity contribution in [3.05, 3.63) is 105 Å². The van der Waals surface area contributed by atoms with Crippen molar-refractivity contribution < 1.29 is 87.1 Å². The van der Waals surface area contributed by atoms with E-state index in [1.54, 1.807) is 56.9 Å². The van der Waals surface area contributed by atoms with E-state index in [4.69, 9.17) is 77.5 Å². The summed E-state index contributed by atoms with van der Waals surface area (Å²) in [5, 5.41) is 29.6. The van der Waals surface area contributed by atoms with Crippen LogP contribution in [0.4, 0.5) is 0 Å². The van der Waals surface area contributed by atoms with Gasteiger partial charge in [-0.1, -0.05) is 0 Å². The molecule has 2 atom stereocenters. The zero-order chi connectivity index (χ0) is 58.8. The number of hydrogen-bond acceptors (Lipinski definition) is 16. The summed E-state index contributed by atoms with van der Waals surface area (Å²) in [7, 11) is 17.4. The van der Waals surface area contributed by atoms with Crippen LogP contribution in [-0.4, -0.2) is 186 Å². The standard InChI is InChI=1S/2C27H34N2O5.2C2H2O4/c2*1-28(17-21-11-20-14-25(33-4)26(34-5)16-22(20)21)8-6-9-29-10-7-18-12-23(31-2)24(32-3)13-19(18)15-27(29)30;2*3-1(4)2(5)6/h2*7,10,12-14,16,21H,6,8-9,11,15,17H2,1-5H3;2*(H,3,4)(H,5,6)/t2*21-;;/m11../s1. The minimum Gasteiger partial charge on any atom is -0.493 e. The molecule has 0 aromatic heterocycles. The molecule has 8 rings (SSSR count). The molecular formula is C58H72N4O18. The highest BCUT2D eigenvalue weighted by Gasteiger charge is 2.31. The number of carbonyl (C=O) groups excluding carboxylic acids is 2. The summed E-state index contributed by atoms with van der Waals surface area (Å²) in [5.41, 5.74) is 9.25. The van der Waals surface area contributed by atoms with Gasteiger partial charge in [-0.25, -0.2) is 19.2 Å². The second kappa shape index (κ2) is 29.5. The van der Waals surface area contributed by atoms with Crippen molar-refractivity contribution in [2.24, 2.45) is 0 Å². The van der Waals surface area contributed by atoms with Gasteiger partial charge in [-0.05, 0) is 158 Å². The van der Waals surface area contributed by atoms with Crippen molar-refractivity contribution in [3.63, 3.8) is 0 Å². The van der Waals surface area contributed by atoms with Gasteiger partial charge < -0.3 is 77.9 Å². The third-order valence-corrected chi connectivity index (χ3v) is 13.9. The second-order valence-corrected chi connectivity index (χ2v) is 19.0. The molecule has 0 saturated carbocycles. The largest absolute Gasteiger partial charge is 0.493 e. The Labute approximate surface area is 465 Å². The Kier molecular flexibility index (Phi) is 23.0.